The van der Waals surface area contributed by atoms with Crippen LogP contribution < -0.4 is 5.32 Å². The fourth-order valence-electron chi connectivity index (χ4n) is 3.63. The lowest BCUT2D eigenvalue weighted by atomic mass is 9.42. The maximum Gasteiger partial charge on any atom is 0.356 e. The molecular formula is C14H17N3O2. The number of esters is 1. The summed E-state index contributed by atoms with van der Waals surface area (Å²) in [5, 5.41) is 7.34. The number of aryl methyl sites for hydroxylation is 1. The Morgan fingerprint density at radius 1 is 1.53 bits per heavy atom. The standard InChI is InChI=1S/C14H17N3O2/c1-8(14-5-9(6-14)7-14)11-13(18)19-12(16-11)10-3-4-15-17(10)2/h3-4,9,12,16H,5-7H2,1-2H3/b11-8-. The van der Waals surface area contributed by atoms with Crippen LogP contribution in [0.5, 0.6) is 0 Å². The Balaban J connectivity index is 1.64. The van der Waals surface area contributed by atoms with Gasteiger partial charge in [0.1, 0.15) is 5.70 Å². The van der Waals surface area contributed by atoms with Crippen LogP contribution in [0.2, 0.25) is 0 Å². The van der Waals surface area contributed by atoms with Crippen molar-refractivity contribution < 1.29 is 9.53 Å². The molecular weight excluding hydrogens is 242 g/mol. The van der Waals surface area contributed by atoms with E-state index in [2.05, 4.69) is 17.3 Å². The predicted octanol–water partition coefficient (Wildman–Crippen LogP) is 1.64. The van der Waals surface area contributed by atoms with Gasteiger partial charge in [0, 0.05) is 13.2 Å². The van der Waals surface area contributed by atoms with Gasteiger partial charge in [-0.25, -0.2) is 4.79 Å². The van der Waals surface area contributed by atoms with Crippen molar-refractivity contribution in [2.75, 3.05) is 0 Å². The fourth-order valence-corrected chi connectivity index (χ4v) is 3.63. The molecule has 0 spiro atoms. The number of nitrogens with zero attached hydrogens (tertiary/aromatic N) is 2. The first-order valence-electron chi connectivity index (χ1n) is 6.76. The quantitative estimate of drug-likeness (QED) is 0.648. The molecule has 19 heavy (non-hydrogen) atoms. The molecule has 0 radical (unpaired) electrons. The van der Waals surface area contributed by atoms with Gasteiger partial charge in [-0.1, -0.05) is 0 Å². The van der Waals surface area contributed by atoms with Crippen molar-refractivity contribution in [1.82, 2.24) is 15.1 Å². The molecule has 0 aromatic carbocycles. The Kier molecular flexibility index (Phi) is 1.99. The van der Waals surface area contributed by atoms with E-state index in [0.717, 1.165) is 11.6 Å². The summed E-state index contributed by atoms with van der Waals surface area (Å²) in [7, 11) is 1.85. The van der Waals surface area contributed by atoms with Gasteiger partial charge in [-0.3, -0.25) is 4.68 Å². The van der Waals surface area contributed by atoms with Crippen LogP contribution in [0, 0.1) is 11.3 Å². The van der Waals surface area contributed by atoms with Gasteiger partial charge in [0.25, 0.3) is 0 Å². The van der Waals surface area contributed by atoms with Crippen LogP contribution in [0.1, 0.15) is 38.1 Å². The lowest BCUT2D eigenvalue weighted by Crippen LogP contribution is -2.53. The smallest absolute Gasteiger partial charge is 0.356 e. The fraction of sp³-hybridized carbons (Fsp3) is 0.571. The van der Waals surface area contributed by atoms with E-state index < -0.39 is 6.23 Å². The molecule has 5 rings (SSSR count). The Labute approximate surface area is 111 Å². The van der Waals surface area contributed by atoms with Gasteiger partial charge in [-0.15, -0.1) is 0 Å². The molecule has 4 aliphatic rings. The van der Waals surface area contributed by atoms with E-state index in [9.17, 15) is 4.79 Å². The zero-order valence-electron chi connectivity index (χ0n) is 11.1. The molecule has 1 aliphatic heterocycles. The number of cyclic esters (lactones) is 1. The average Bonchev–Trinajstić information content (AvgIpc) is 2.79. The topological polar surface area (TPSA) is 56.1 Å². The van der Waals surface area contributed by atoms with Crippen molar-refractivity contribution >= 4 is 5.97 Å². The van der Waals surface area contributed by atoms with Crippen LogP contribution >= 0.6 is 0 Å². The zero-order chi connectivity index (χ0) is 13.2. The molecule has 3 saturated carbocycles. The number of hydrogen-bond donors (Lipinski definition) is 1. The van der Waals surface area contributed by atoms with E-state index in [-0.39, 0.29) is 5.97 Å². The van der Waals surface area contributed by atoms with Gasteiger partial charge in [0.15, 0.2) is 0 Å². The lowest BCUT2D eigenvalue weighted by Gasteiger charge is -2.62. The van der Waals surface area contributed by atoms with E-state index >= 15 is 0 Å². The van der Waals surface area contributed by atoms with E-state index in [0.29, 0.717) is 11.1 Å². The van der Waals surface area contributed by atoms with Crippen molar-refractivity contribution in [3.05, 3.63) is 29.2 Å². The third kappa shape index (κ3) is 1.35. The molecule has 100 valence electrons. The first-order chi connectivity index (χ1) is 9.09. The number of rotatable bonds is 2. The Morgan fingerprint density at radius 3 is 2.79 bits per heavy atom. The van der Waals surface area contributed by atoms with Gasteiger partial charge in [0.05, 0.1) is 5.69 Å². The van der Waals surface area contributed by atoms with Gasteiger partial charge >= 0.3 is 5.97 Å². The second-order valence-corrected chi connectivity index (χ2v) is 6.07. The first kappa shape index (κ1) is 11.1. The van der Waals surface area contributed by atoms with Crippen molar-refractivity contribution in [1.29, 1.82) is 0 Å². The van der Waals surface area contributed by atoms with Crippen LogP contribution in [0.4, 0.5) is 0 Å². The van der Waals surface area contributed by atoms with E-state index in [1.807, 2.05) is 13.1 Å². The Hall–Kier alpha value is -1.78. The van der Waals surface area contributed by atoms with Crippen LogP contribution in [0.15, 0.2) is 23.5 Å². The first-order valence-corrected chi connectivity index (χ1v) is 6.76. The summed E-state index contributed by atoms with van der Waals surface area (Å²) in [4.78, 5) is 12.1. The number of ether oxygens (including phenoxy) is 1. The summed E-state index contributed by atoms with van der Waals surface area (Å²) in [6.07, 6.45) is 5.03. The number of aromatic nitrogens is 2. The van der Waals surface area contributed by atoms with Crippen LogP contribution in [-0.2, 0) is 16.6 Å². The van der Waals surface area contributed by atoms with E-state index in [4.69, 9.17) is 4.74 Å². The summed E-state index contributed by atoms with van der Waals surface area (Å²) in [5.74, 6) is 0.675. The normalized spacial score (nSPS) is 38.1. The molecule has 2 bridgehead atoms. The van der Waals surface area contributed by atoms with E-state index in [1.165, 1.54) is 24.8 Å². The highest BCUT2D eigenvalue weighted by Gasteiger charge is 2.58. The minimum atomic E-state index is -0.405. The van der Waals surface area contributed by atoms with Crippen molar-refractivity contribution in [2.24, 2.45) is 18.4 Å². The van der Waals surface area contributed by atoms with Crippen LogP contribution in [0.3, 0.4) is 0 Å². The highest BCUT2D eigenvalue weighted by Crippen LogP contribution is 2.68. The number of carbonyl (C=O) groups excluding carboxylic acids is 1. The minimum Gasteiger partial charge on any atom is -0.431 e. The molecule has 1 aromatic heterocycles. The maximum absolute atomic E-state index is 12.1. The number of allylic oxidation sites excluding steroid dienone is 1. The Morgan fingerprint density at radius 2 is 2.26 bits per heavy atom. The number of hydrogen-bond acceptors (Lipinski definition) is 4. The molecule has 5 heteroatoms. The van der Waals surface area contributed by atoms with Crippen molar-refractivity contribution in [3.8, 4) is 0 Å². The highest BCUT2D eigenvalue weighted by molar-refractivity contribution is 5.91. The second kappa shape index (κ2) is 3.40. The van der Waals surface area contributed by atoms with Gasteiger partial charge < -0.3 is 10.1 Å². The molecule has 3 aliphatic carbocycles. The number of carbonyl (C=O) groups is 1. The molecule has 5 nitrogen and oxygen atoms in total. The van der Waals surface area contributed by atoms with E-state index in [1.54, 1.807) is 10.9 Å². The molecule has 4 fully saturated rings. The highest BCUT2D eigenvalue weighted by atomic mass is 16.6. The average molecular weight is 259 g/mol. The van der Waals surface area contributed by atoms with Gasteiger partial charge in [-0.2, -0.15) is 5.10 Å². The van der Waals surface area contributed by atoms with Crippen molar-refractivity contribution in [2.45, 2.75) is 32.4 Å². The molecule has 1 unspecified atom stereocenters. The summed E-state index contributed by atoms with van der Waals surface area (Å²) in [5.41, 5.74) is 3.02. The molecule has 0 amide bonds. The third-order valence-electron chi connectivity index (χ3n) is 5.04. The minimum absolute atomic E-state index is 0.228. The zero-order valence-corrected chi connectivity index (χ0v) is 11.1. The summed E-state index contributed by atoms with van der Waals surface area (Å²) < 4.78 is 7.16. The predicted molar refractivity (Wildman–Crippen MR) is 67.7 cm³/mol. The summed E-state index contributed by atoms with van der Waals surface area (Å²) in [6, 6.07) is 1.87. The SMILES string of the molecule is C/C(=C1/NC(c2ccnn2C)OC1=O)C12CC(C1)C2. The lowest BCUT2D eigenvalue weighted by molar-refractivity contribution is -0.140. The molecule has 1 saturated heterocycles. The van der Waals surface area contributed by atoms with Crippen LogP contribution in [-0.4, -0.2) is 15.7 Å². The maximum atomic E-state index is 12.1. The summed E-state index contributed by atoms with van der Waals surface area (Å²) in [6.45, 7) is 2.07. The molecule has 1 N–H and O–H groups in total. The molecule has 2 heterocycles. The summed E-state index contributed by atoms with van der Waals surface area (Å²) >= 11 is 0. The van der Waals surface area contributed by atoms with Gasteiger partial charge in [-0.05, 0) is 49.2 Å². The van der Waals surface area contributed by atoms with Crippen molar-refractivity contribution in [3.63, 3.8) is 0 Å². The molecule has 1 atom stereocenters. The van der Waals surface area contributed by atoms with Crippen LogP contribution in [0.25, 0.3) is 0 Å². The second-order valence-electron chi connectivity index (χ2n) is 6.07. The third-order valence-corrected chi connectivity index (χ3v) is 5.04. The largest absolute Gasteiger partial charge is 0.431 e. The van der Waals surface area contributed by atoms with Gasteiger partial charge in [0.2, 0.25) is 6.23 Å². The number of nitrogens with one attached hydrogen (secondary N) is 1. The monoisotopic (exact) mass is 259 g/mol. The molecule has 1 aromatic rings. The Bertz CT molecular complexity index is 585.